The van der Waals surface area contributed by atoms with Crippen LogP contribution in [0, 0.1) is 5.82 Å². The van der Waals surface area contributed by atoms with E-state index in [1.165, 1.54) is 10.8 Å². The maximum Gasteiger partial charge on any atom is 0.134 e. The van der Waals surface area contributed by atoms with Gasteiger partial charge in [-0.1, -0.05) is 18.2 Å². The number of aromatic nitrogens is 1. The van der Waals surface area contributed by atoms with Crippen LogP contribution in [0.2, 0.25) is 0 Å². The van der Waals surface area contributed by atoms with Crippen molar-refractivity contribution in [1.82, 2.24) is 4.98 Å². The highest BCUT2D eigenvalue weighted by Crippen LogP contribution is 2.25. The van der Waals surface area contributed by atoms with Crippen LogP contribution in [0.15, 0.2) is 48.0 Å². The number of rotatable bonds is 4. The van der Waals surface area contributed by atoms with Crippen molar-refractivity contribution >= 4 is 27.2 Å². The Hall–Kier alpha value is -1.94. The van der Waals surface area contributed by atoms with Gasteiger partial charge in [0.2, 0.25) is 0 Å². The lowest BCUT2D eigenvalue weighted by atomic mass is 10.1. The summed E-state index contributed by atoms with van der Waals surface area (Å²) in [4.78, 5) is 4.33. The SMILES string of the molecule is Fc1ccccc1CCNc1nccc2sccc12. The molecule has 0 aliphatic carbocycles. The molecule has 4 heteroatoms. The Morgan fingerprint density at radius 3 is 2.95 bits per heavy atom. The van der Waals surface area contributed by atoms with Gasteiger partial charge in [0.05, 0.1) is 0 Å². The van der Waals surface area contributed by atoms with Gasteiger partial charge >= 0.3 is 0 Å². The number of anilines is 1. The van der Waals surface area contributed by atoms with E-state index in [0.29, 0.717) is 13.0 Å². The van der Waals surface area contributed by atoms with Crippen LogP contribution in [-0.4, -0.2) is 11.5 Å². The summed E-state index contributed by atoms with van der Waals surface area (Å²) in [5, 5.41) is 6.45. The van der Waals surface area contributed by atoms with Gasteiger partial charge in [-0.3, -0.25) is 0 Å². The average molecular weight is 272 g/mol. The van der Waals surface area contributed by atoms with E-state index in [2.05, 4.69) is 16.4 Å². The van der Waals surface area contributed by atoms with Crippen LogP contribution in [0.5, 0.6) is 0 Å². The zero-order chi connectivity index (χ0) is 13.1. The van der Waals surface area contributed by atoms with Gasteiger partial charge < -0.3 is 5.32 Å². The summed E-state index contributed by atoms with van der Waals surface area (Å²) in [6.45, 7) is 0.670. The Labute approximate surface area is 114 Å². The lowest BCUT2D eigenvalue weighted by Crippen LogP contribution is -2.07. The molecule has 19 heavy (non-hydrogen) atoms. The molecule has 3 rings (SSSR count). The number of benzene rings is 1. The molecule has 0 aliphatic rings. The minimum atomic E-state index is -0.147. The molecule has 0 saturated heterocycles. The number of hydrogen-bond donors (Lipinski definition) is 1. The van der Waals surface area contributed by atoms with Gasteiger partial charge in [0.1, 0.15) is 11.6 Å². The topological polar surface area (TPSA) is 24.9 Å². The Morgan fingerprint density at radius 1 is 1.16 bits per heavy atom. The first kappa shape index (κ1) is 12.1. The molecule has 0 saturated carbocycles. The van der Waals surface area contributed by atoms with Gasteiger partial charge in [0, 0.05) is 22.8 Å². The fourth-order valence-corrected chi connectivity index (χ4v) is 2.83. The van der Waals surface area contributed by atoms with Crippen molar-refractivity contribution in [2.24, 2.45) is 0 Å². The van der Waals surface area contributed by atoms with E-state index in [-0.39, 0.29) is 5.82 Å². The largest absolute Gasteiger partial charge is 0.369 e. The molecule has 3 aromatic rings. The van der Waals surface area contributed by atoms with Crippen LogP contribution in [0.4, 0.5) is 10.2 Å². The first-order valence-corrected chi connectivity index (χ1v) is 7.02. The number of thiophene rings is 1. The maximum atomic E-state index is 13.5. The summed E-state index contributed by atoms with van der Waals surface area (Å²) < 4.78 is 14.7. The molecule has 2 aromatic heterocycles. The zero-order valence-corrected chi connectivity index (χ0v) is 11.1. The van der Waals surface area contributed by atoms with Gasteiger partial charge in [-0.15, -0.1) is 11.3 Å². The second-order valence-electron chi connectivity index (χ2n) is 4.26. The Kier molecular flexibility index (Phi) is 3.42. The molecule has 0 atom stereocenters. The van der Waals surface area contributed by atoms with Crippen LogP contribution in [0.3, 0.4) is 0 Å². The number of nitrogens with zero attached hydrogens (tertiary/aromatic N) is 1. The molecule has 0 fully saturated rings. The minimum absolute atomic E-state index is 0.147. The summed E-state index contributed by atoms with van der Waals surface area (Å²) in [6.07, 6.45) is 2.44. The van der Waals surface area contributed by atoms with E-state index >= 15 is 0 Å². The molecule has 0 unspecified atom stereocenters. The zero-order valence-electron chi connectivity index (χ0n) is 10.3. The van der Waals surface area contributed by atoms with Crippen molar-refractivity contribution in [3.63, 3.8) is 0 Å². The Balaban J connectivity index is 1.70. The third-order valence-electron chi connectivity index (χ3n) is 3.02. The third-order valence-corrected chi connectivity index (χ3v) is 3.91. The molecular formula is C15H13FN2S. The number of fused-ring (bicyclic) bond motifs is 1. The Bertz CT molecular complexity index is 693. The molecule has 2 heterocycles. The van der Waals surface area contributed by atoms with Crippen molar-refractivity contribution in [3.8, 4) is 0 Å². The lowest BCUT2D eigenvalue weighted by molar-refractivity contribution is 0.610. The highest BCUT2D eigenvalue weighted by molar-refractivity contribution is 7.17. The number of hydrogen-bond acceptors (Lipinski definition) is 3. The smallest absolute Gasteiger partial charge is 0.134 e. The highest BCUT2D eigenvalue weighted by Gasteiger charge is 2.04. The number of halogens is 1. The number of pyridine rings is 1. The van der Waals surface area contributed by atoms with Gasteiger partial charge in [-0.2, -0.15) is 0 Å². The van der Waals surface area contributed by atoms with Crippen LogP contribution >= 0.6 is 11.3 Å². The minimum Gasteiger partial charge on any atom is -0.369 e. The number of nitrogens with one attached hydrogen (secondary N) is 1. The van der Waals surface area contributed by atoms with Crippen molar-refractivity contribution in [2.45, 2.75) is 6.42 Å². The van der Waals surface area contributed by atoms with E-state index in [0.717, 1.165) is 16.8 Å². The monoisotopic (exact) mass is 272 g/mol. The fourth-order valence-electron chi connectivity index (χ4n) is 2.05. The summed E-state index contributed by atoms with van der Waals surface area (Å²) in [6, 6.07) is 10.9. The van der Waals surface area contributed by atoms with E-state index in [9.17, 15) is 4.39 Å². The van der Waals surface area contributed by atoms with E-state index in [1.807, 2.05) is 23.6 Å². The quantitative estimate of drug-likeness (QED) is 0.773. The third kappa shape index (κ3) is 2.58. The van der Waals surface area contributed by atoms with E-state index in [1.54, 1.807) is 23.6 Å². The maximum absolute atomic E-state index is 13.5. The van der Waals surface area contributed by atoms with Crippen LogP contribution in [0.1, 0.15) is 5.56 Å². The molecule has 1 aromatic carbocycles. The van der Waals surface area contributed by atoms with E-state index < -0.39 is 0 Å². The molecule has 2 nitrogen and oxygen atoms in total. The molecule has 0 radical (unpaired) electrons. The fraction of sp³-hybridized carbons (Fsp3) is 0.133. The molecule has 96 valence electrons. The van der Waals surface area contributed by atoms with Gasteiger partial charge in [-0.05, 0) is 35.6 Å². The van der Waals surface area contributed by atoms with Crippen molar-refractivity contribution < 1.29 is 4.39 Å². The van der Waals surface area contributed by atoms with Crippen molar-refractivity contribution in [2.75, 3.05) is 11.9 Å². The average Bonchev–Trinajstić information content (AvgIpc) is 2.90. The van der Waals surface area contributed by atoms with Crippen LogP contribution in [-0.2, 0) is 6.42 Å². The molecule has 1 N–H and O–H groups in total. The summed E-state index contributed by atoms with van der Waals surface area (Å²) in [5.41, 5.74) is 0.729. The van der Waals surface area contributed by atoms with Gasteiger partial charge in [-0.25, -0.2) is 9.37 Å². The molecule has 0 bridgehead atoms. The Morgan fingerprint density at radius 2 is 2.05 bits per heavy atom. The van der Waals surface area contributed by atoms with Gasteiger partial charge in [0.15, 0.2) is 0 Å². The van der Waals surface area contributed by atoms with Gasteiger partial charge in [0.25, 0.3) is 0 Å². The molecular weight excluding hydrogens is 259 g/mol. The summed E-state index contributed by atoms with van der Waals surface area (Å²) in [7, 11) is 0. The van der Waals surface area contributed by atoms with E-state index in [4.69, 9.17) is 0 Å². The molecule has 0 aliphatic heterocycles. The first-order valence-electron chi connectivity index (χ1n) is 6.14. The normalized spacial score (nSPS) is 10.8. The predicted octanol–water partition coefficient (Wildman–Crippen LogP) is 4.09. The van der Waals surface area contributed by atoms with Crippen molar-refractivity contribution in [3.05, 3.63) is 59.4 Å². The predicted molar refractivity (Wildman–Crippen MR) is 78.2 cm³/mol. The second-order valence-corrected chi connectivity index (χ2v) is 5.21. The lowest BCUT2D eigenvalue weighted by Gasteiger charge is -2.07. The summed E-state index contributed by atoms with van der Waals surface area (Å²) >= 11 is 1.69. The molecule has 0 spiro atoms. The first-order chi connectivity index (χ1) is 9.34. The van der Waals surface area contributed by atoms with Crippen LogP contribution in [0.25, 0.3) is 10.1 Å². The van der Waals surface area contributed by atoms with Crippen LogP contribution < -0.4 is 5.32 Å². The highest BCUT2D eigenvalue weighted by atomic mass is 32.1. The second kappa shape index (κ2) is 5.36. The van der Waals surface area contributed by atoms with Crippen molar-refractivity contribution in [1.29, 1.82) is 0 Å². The summed E-state index contributed by atoms with van der Waals surface area (Å²) in [5.74, 6) is 0.723. The molecule has 0 amide bonds. The standard InChI is InChI=1S/C15H13FN2S/c16-13-4-2-1-3-11(13)5-8-17-15-12-7-10-19-14(12)6-9-18-15/h1-4,6-7,9-10H,5,8H2,(H,17,18).